The molecule has 27 heavy (non-hydrogen) atoms. The number of nitro groups is 1. The van der Waals surface area contributed by atoms with Gasteiger partial charge >= 0.3 is 0 Å². The number of hydrogen-bond donors (Lipinski definition) is 1. The molecule has 7 heteroatoms. The molecular formula is C20H23N3O4. The number of carbonyl (C=O) groups is 2. The van der Waals surface area contributed by atoms with Crippen molar-refractivity contribution in [1.29, 1.82) is 0 Å². The number of nitrogens with one attached hydrogen (secondary N) is 1. The molecule has 142 valence electrons. The van der Waals surface area contributed by atoms with E-state index in [1.807, 2.05) is 30.3 Å². The van der Waals surface area contributed by atoms with Gasteiger partial charge in [-0.05, 0) is 19.4 Å². The maximum Gasteiger partial charge on any atom is 0.273 e. The minimum atomic E-state index is -0.694. The van der Waals surface area contributed by atoms with E-state index in [0.29, 0.717) is 12.1 Å². The molecule has 2 amide bonds. The number of rotatable bonds is 8. The van der Waals surface area contributed by atoms with Crippen molar-refractivity contribution >= 4 is 17.5 Å². The van der Waals surface area contributed by atoms with Gasteiger partial charge in [-0.1, -0.05) is 48.5 Å². The first-order valence-corrected chi connectivity index (χ1v) is 8.77. The molecule has 2 aromatic carbocycles. The molecule has 0 spiro atoms. The fourth-order valence-electron chi connectivity index (χ4n) is 2.79. The van der Waals surface area contributed by atoms with Gasteiger partial charge in [0.25, 0.3) is 5.69 Å². The maximum absolute atomic E-state index is 13.0. The third-order valence-corrected chi connectivity index (χ3v) is 4.24. The third kappa shape index (κ3) is 5.37. The summed E-state index contributed by atoms with van der Waals surface area (Å²) in [4.78, 5) is 37.4. The van der Waals surface area contributed by atoms with Crippen molar-refractivity contribution in [2.24, 2.45) is 0 Å². The largest absolute Gasteiger partial charge is 0.355 e. The molecule has 0 saturated carbocycles. The highest BCUT2D eigenvalue weighted by atomic mass is 16.6. The quantitative estimate of drug-likeness (QED) is 0.572. The molecule has 1 atom stereocenters. The zero-order chi connectivity index (χ0) is 19.8. The van der Waals surface area contributed by atoms with E-state index in [1.54, 1.807) is 32.0 Å². The Labute approximate surface area is 158 Å². The number of para-hydroxylation sites is 1. The number of likely N-dealkylation sites (N-methyl/N-ethyl adjacent to an activating group) is 1. The molecular weight excluding hydrogens is 346 g/mol. The van der Waals surface area contributed by atoms with E-state index in [1.165, 1.54) is 11.0 Å². The highest BCUT2D eigenvalue weighted by Crippen LogP contribution is 2.20. The monoisotopic (exact) mass is 369 g/mol. The van der Waals surface area contributed by atoms with E-state index in [2.05, 4.69) is 5.32 Å². The molecule has 2 rings (SSSR count). The Kier molecular flexibility index (Phi) is 7.05. The predicted molar refractivity (Wildman–Crippen MR) is 102 cm³/mol. The molecule has 1 N–H and O–H groups in total. The Morgan fingerprint density at radius 2 is 1.74 bits per heavy atom. The van der Waals surface area contributed by atoms with Crippen LogP contribution in [0.3, 0.4) is 0 Å². The van der Waals surface area contributed by atoms with Crippen LogP contribution in [0.15, 0.2) is 54.6 Å². The molecule has 2 aromatic rings. The summed E-state index contributed by atoms with van der Waals surface area (Å²) < 4.78 is 0. The summed E-state index contributed by atoms with van der Waals surface area (Å²) in [5.41, 5.74) is 1.11. The molecule has 0 aliphatic carbocycles. The molecule has 0 aliphatic rings. The van der Waals surface area contributed by atoms with Crippen LogP contribution in [0.4, 0.5) is 5.69 Å². The molecule has 0 unspecified atom stereocenters. The molecule has 7 nitrogen and oxygen atoms in total. The summed E-state index contributed by atoms with van der Waals surface area (Å²) >= 11 is 0. The van der Waals surface area contributed by atoms with Crippen LogP contribution in [-0.2, 0) is 22.6 Å². The van der Waals surface area contributed by atoms with Crippen LogP contribution in [0, 0.1) is 10.1 Å². The van der Waals surface area contributed by atoms with Crippen LogP contribution in [-0.4, -0.2) is 34.2 Å². The van der Waals surface area contributed by atoms with E-state index in [4.69, 9.17) is 0 Å². The van der Waals surface area contributed by atoms with Gasteiger partial charge in [0.05, 0.1) is 11.3 Å². The number of nitrogens with zero attached hydrogens (tertiary/aromatic N) is 2. The molecule has 0 saturated heterocycles. The van der Waals surface area contributed by atoms with Gasteiger partial charge in [0, 0.05) is 24.7 Å². The van der Waals surface area contributed by atoms with E-state index in [0.717, 1.165) is 5.56 Å². The first-order valence-electron chi connectivity index (χ1n) is 8.77. The van der Waals surface area contributed by atoms with Crippen molar-refractivity contribution < 1.29 is 14.5 Å². The van der Waals surface area contributed by atoms with Crippen molar-refractivity contribution in [3.05, 3.63) is 75.8 Å². The average molecular weight is 369 g/mol. The van der Waals surface area contributed by atoms with Crippen LogP contribution < -0.4 is 5.32 Å². The molecule has 0 fully saturated rings. The van der Waals surface area contributed by atoms with Crippen LogP contribution in [0.5, 0.6) is 0 Å². The molecule has 0 heterocycles. The first-order chi connectivity index (χ1) is 12.9. The summed E-state index contributed by atoms with van der Waals surface area (Å²) in [6.45, 7) is 4.17. The second-order valence-electron chi connectivity index (χ2n) is 6.14. The number of hydrogen-bond acceptors (Lipinski definition) is 4. The lowest BCUT2D eigenvalue weighted by molar-refractivity contribution is -0.385. The fraction of sp³-hybridized carbons (Fsp3) is 0.300. The van der Waals surface area contributed by atoms with Gasteiger partial charge in [-0.15, -0.1) is 0 Å². The van der Waals surface area contributed by atoms with E-state index in [9.17, 15) is 19.7 Å². The van der Waals surface area contributed by atoms with Crippen molar-refractivity contribution in [2.45, 2.75) is 32.9 Å². The van der Waals surface area contributed by atoms with Gasteiger partial charge in [-0.25, -0.2) is 0 Å². The van der Waals surface area contributed by atoms with Gasteiger partial charge in [0.1, 0.15) is 6.04 Å². The number of amides is 2. The van der Waals surface area contributed by atoms with Gasteiger partial charge in [-0.2, -0.15) is 0 Å². The smallest absolute Gasteiger partial charge is 0.273 e. The number of nitro benzene ring substituents is 1. The standard InChI is InChI=1S/C20H23N3O4/c1-3-21-20(25)15(2)22(14-16-9-5-4-6-10-16)19(24)13-17-11-7-8-12-18(17)23(26)27/h4-12,15H,3,13-14H2,1-2H3,(H,21,25)/t15-/m0/s1. The minimum Gasteiger partial charge on any atom is -0.355 e. The summed E-state index contributed by atoms with van der Waals surface area (Å²) in [6.07, 6.45) is -0.145. The van der Waals surface area contributed by atoms with Crippen LogP contribution >= 0.6 is 0 Å². The second-order valence-corrected chi connectivity index (χ2v) is 6.14. The Morgan fingerprint density at radius 3 is 2.37 bits per heavy atom. The zero-order valence-electron chi connectivity index (χ0n) is 15.4. The normalized spacial score (nSPS) is 11.5. The maximum atomic E-state index is 13.0. The third-order valence-electron chi connectivity index (χ3n) is 4.24. The average Bonchev–Trinajstić information content (AvgIpc) is 2.66. The van der Waals surface area contributed by atoms with E-state index < -0.39 is 11.0 Å². The summed E-state index contributed by atoms with van der Waals surface area (Å²) in [5.74, 6) is -0.601. The zero-order valence-corrected chi connectivity index (χ0v) is 15.4. The van der Waals surface area contributed by atoms with Gasteiger partial charge < -0.3 is 10.2 Å². The van der Waals surface area contributed by atoms with Gasteiger partial charge in [0.2, 0.25) is 11.8 Å². The summed E-state index contributed by atoms with van der Waals surface area (Å²) in [5, 5.41) is 13.9. The highest BCUT2D eigenvalue weighted by Gasteiger charge is 2.27. The Hall–Kier alpha value is -3.22. The van der Waals surface area contributed by atoms with Crippen molar-refractivity contribution in [2.75, 3.05) is 6.54 Å². The molecule has 0 bridgehead atoms. The lowest BCUT2D eigenvalue weighted by Crippen LogP contribution is -2.48. The number of carbonyl (C=O) groups excluding carboxylic acids is 2. The van der Waals surface area contributed by atoms with E-state index >= 15 is 0 Å². The van der Waals surface area contributed by atoms with Crippen LogP contribution in [0.1, 0.15) is 25.0 Å². The van der Waals surface area contributed by atoms with E-state index in [-0.39, 0.29) is 30.5 Å². The van der Waals surface area contributed by atoms with Crippen molar-refractivity contribution in [3.63, 3.8) is 0 Å². The molecule has 0 aromatic heterocycles. The Bertz CT molecular complexity index is 808. The van der Waals surface area contributed by atoms with Gasteiger partial charge in [-0.3, -0.25) is 19.7 Å². The van der Waals surface area contributed by atoms with Gasteiger partial charge in [0.15, 0.2) is 0 Å². The predicted octanol–water partition coefficient (Wildman–Crippen LogP) is 2.69. The second kappa shape index (κ2) is 9.47. The molecule has 0 radical (unpaired) electrons. The minimum absolute atomic E-state index is 0.101. The van der Waals surface area contributed by atoms with Crippen LogP contribution in [0.25, 0.3) is 0 Å². The first kappa shape index (κ1) is 20.1. The van der Waals surface area contributed by atoms with Crippen molar-refractivity contribution in [3.8, 4) is 0 Å². The van der Waals surface area contributed by atoms with Crippen LogP contribution in [0.2, 0.25) is 0 Å². The fourth-order valence-corrected chi connectivity index (χ4v) is 2.79. The van der Waals surface area contributed by atoms with Crippen molar-refractivity contribution in [1.82, 2.24) is 10.2 Å². The SMILES string of the molecule is CCNC(=O)[C@H](C)N(Cc1ccccc1)C(=O)Cc1ccccc1[N+](=O)[O-]. The lowest BCUT2D eigenvalue weighted by atomic mass is 10.1. The number of benzene rings is 2. The Morgan fingerprint density at radius 1 is 1.11 bits per heavy atom. The topological polar surface area (TPSA) is 92.6 Å². The summed E-state index contributed by atoms with van der Waals surface area (Å²) in [7, 11) is 0. The Balaban J connectivity index is 2.27. The summed E-state index contributed by atoms with van der Waals surface area (Å²) in [6, 6.07) is 14.8. The highest BCUT2D eigenvalue weighted by molar-refractivity contribution is 5.88. The lowest BCUT2D eigenvalue weighted by Gasteiger charge is -2.28. The molecule has 0 aliphatic heterocycles.